The highest BCUT2D eigenvalue weighted by Crippen LogP contribution is 2.17. The van der Waals surface area contributed by atoms with Crippen LogP contribution in [0.15, 0.2) is 36.4 Å². The summed E-state index contributed by atoms with van der Waals surface area (Å²) in [4.78, 5) is 35.8. The average Bonchev–Trinajstić information content (AvgIpc) is 2.94. The Hall–Kier alpha value is -2.63. The second-order valence-electron chi connectivity index (χ2n) is 6.79. The van der Waals surface area contributed by atoms with Gasteiger partial charge in [0.15, 0.2) is 6.10 Å². The number of hydrogen-bond donors (Lipinski definition) is 2. The monoisotopic (exact) mass is 372 g/mol. The third-order valence-corrected chi connectivity index (χ3v) is 4.51. The maximum Gasteiger partial charge on any atom is 0.326 e. The molecule has 0 aromatic heterocycles. The highest BCUT2D eigenvalue weighted by molar-refractivity contribution is 5.94. The van der Waals surface area contributed by atoms with E-state index in [1.807, 2.05) is 30.3 Å². The SMILES string of the molecule is C[C@@H](OC(=O)CNC(=O)/C=C/c1ccccc1)C(=O)NC1CCCCCC1. The molecule has 2 N–H and O–H groups in total. The van der Waals surface area contributed by atoms with Crippen LogP contribution in [0.3, 0.4) is 0 Å². The quantitative estimate of drug-likeness (QED) is 0.438. The van der Waals surface area contributed by atoms with Crippen LogP contribution in [0.1, 0.15) is 51.0 Å². The third kappa shape index (κ3) is 8.07. The molecule has 1 aliphatic rings. The molecule has 6 heteroatoms. The van der Waals surface area contributed by atoms with Gasteiger partial charge in [-0.2, -0.15) is 0 Å². The largest absolute Gasteiger partial charge is 0.451 e. The first-order valence-corrected chi connectivity index (χ1v) is 9.55. The Labute approximate surface area is 160 Å². The van der Waals surface area contributed by atoms with Crippen LogP contribution in [0.25, 0.3) is 6.08 Å². The molecule has 1 aromatic carbocycles. The first kappa shape index (κ1) is 20.7. The number of rotatable bonds is 7. The van der Waals surface area contributed by atoms with Gasteiger partial charge in [-0.25, -0.2) is 0 Å². The van der Waals surface area contributed by atoms with Crippen molar-refractivity contribution >= 4 is 23.9 Å². The highest BCUT2D eigenvalue weighted by Gasteiger charge is 2.21. The fourth-order valence-corrected chi connectivity index (χ4v) is 2.99. The van der Waals surface area contributed by atoms with E-state index in [4.69, 9.17) is 4.74 Å². The average molecular weight is 372 g/mol. The second kappa shape index (κ2) is 11.2. The maximum atomic E-state index is 12.2. The van der Waals surface area contributed by atoms with Crippen molar-refractivity contribution in [3.63, 3.8) is 0 Å². The van der Waals surface area contributed by atoms with Crippen molar-refractivity contribution in [2.45, 2.75) is 57.6 Å². The standard InChI is InChI=1S/C21H28N2O4/c1-16(21(26)23-18-11-7-2-3-8-12-18)27-20(25)15-22-19(24)14-13-17-9-5-4-6-10-17/h4-6,9-10,13-14,16,18H,2-3,7-8,11-12,15H2,1H3,(H,22,24)(H,23,26)/b14-13+/t16-/m1/s1. The Morgan fingerprint density at radius 2 is 1.78 bits per heavy atom. The molecule has 1 aliphatic carbocycles. The van der Waals surface area contributed by atoms with Crippen molar-refractivity contribution in [2.24, 2.45) is 0 Å². The lowest BCUT2D eigenvalue weighted by molar-refractivity contribution is -0.154. The van der Waals surface area contributed by atoms with Gasteiger partial charge in [-0.05, 0) is 31.4 Å². The fraction of sp³-hybridized carbons (Fsp3) is 0.476. The third-order valence-electron chi connectivity index (χ3n) is 4.51. The highest BCUT2D eigenvalue weighted by atomic mass is 16.5. The van der Waals surface area contributed by atoms with Crippen LogP contribution in [0.4, 0.5) is 0 Å². The minimum atomic E-state index is -0.877. The van der Waals surface area contributed by atoms with Gasteiger partial charge >= 0.3 is 5.97 Å². The number of benzene rings is 1. The van der Waals surface area contributed by atoms with E-state index in [2.05, 4.69) is 10.6 Å². The van der Waals surface area contributed by atoms with Gasteiger partial charge in [-0.3, -0.25) is 14.4 Å². The Kier molecular flexibility index (Phi) is 8.55. The van der Waals surface area contributed by atoms with Gasteiger partial charge in [0.05, 0.1) is 0 Å². The zero-order valence-corrected chi connectivity index (χ0v) is 15.8. The summed E-state index contributed by atoms with van der Waals surface area (Å²) < 4.78 is 5.11. The summed E-state index contributed by atoms with van der Waals surface area (Å²) in [6.07, 6.45) is 8.70. The molecule has 0 unspecified atom stereocenters. The van der Waals surface area contributed by atoms with Gasteiger partial charge in [0.1, 0.15) is 6.54 Å². The predicted octanol–water partition coefficient (Wildman–Crippen LogP) is 2.59. The molecule has 146 valence electrons. The number of esters is 1. The first-order chi connectivity index (χ1) is 13.0. The van der Waals surface area contributed by atoms with Gasteiger partial charge in [0, 0.05) is 12.1 Å². The number of carbonyl (C=O) groups excluding carboxylic acids is 3. The normalized spacial score (nSPS) is 16.3. The molecule has 0 saturated heterocycles. The smallest absolute Gasteiger partial charge is 0.326 e. The first-order valence-electron chi connectivity index (χ1n) is 9.55. The van der Waals surface area contributed by atoms with Gasteiger partial charge in [0.2, 0.25) is 5.91 Å². The molecule has 1 aromatic rings. The van der Waals surface area contributed by atoms with Gasteiger partial charge in [-0.1, -0.05) is 56.0 Å². The van der Waals surface area contributed by atoms with Crippen molar-refractivity contribution in [1.29, 1.82) is 0 Å². The van der Waals surface area contributed by atoms with E-state index >= 15 is 0 Å². The van der Waals surface area contributed by atoms with Gasteiger partial charge < -0.3 is 15.4 Å². The van der Waals surface area contributed by atoms with Crippen molar-refractivity contribution in [3.05, 3.63) is 42.0 Å². The number of hydrogen-bond acceptors (Lipinski definition) is 4. The molecule has 0 radical (unpaired) electrons. The van der Waals surface area contributed by atoms with E-state index in [-0.39, 0.29) is 18.5 Å². The molecule has 1 atom stereocenters. The molecule has 0 heterocycles. The maximum absolute atomic E-state index is 12.2. The molecular weight excluding hydrogens is 344 g/mol. The molecule has 27 heavy (non-hydrogen) atoms. The van der Waals surface area contributed by atoms with E-state index in [1.54, 1.807) is 13.0 Å². The van der Waals surface area contributed by atoms with Gasteiger partial charge in [-0.15, -0.1) is 0 Å². The summed E-state index contributed by atoms with van der Waals surface area (Å²) in [5, 5.41) is 5.41. The van der Waals surface area contributed by atoms with Crippen LogP contribution < -0.4 is 10.6 Å². The number of amides is 2. The number of ether oxygens (including phenoxy) is 1. The molecule has 0 spiro atoms. The summed E-state index contributed by atoms with van der Waals surface area (Å²) in [5.74, 6) is -1.32. The van der Waals surface area contributed by atoms with Crippen LogP contribution in [0.2, 0.25) is 0 Å². The summed E-state index contributed by atoms with van der Waals surface area (Å²) in [6.45, 7) is 1.26. The zero-order valence-electron chi connectivity index (χ0n) is 15.8. The Morgan fingerprint density at radius 1 is 1.11 bits per heavy atom. The van der Waals surface area contributed by atoms with Crippen molar-refractivity contribution < 1.29 is 19.1 Å². The lowest BCUT2D eigenvalue weighted by atomic mass is 10.1. The van der Waals surface area contributed by atoms with E-state index in [0.717, 1.165) is 31.2 Å². The number of nitrogens with one attached hydrogen (secondary N) is 2. The summed E-state index contributed by atoms with van der Waals surface area (Å²) in [7, 11) is 0. The Balaban J connectivity index is 1.68. The molecular formula is C21H28N2O4. The van der Waals surface area contributed by atoms with Crippen molar-refractivity contribution in [1.82, 2.24) is 10.6 Å². The fourth-order valence-electron chi connectivity index (χ4n) is 2.99. The molecule has 0 bridgehead atoms. The zero-order chi connectivity index (χ0) is 19.5. The predicted molar refractivity (Wildman–Crippen MR) is 104 cm³/mol. The van der Waals surface area contributed by atoms with Crippen LogP contribution >= 0.6 is 0 Å². The topological polar surface area (TPSA) is 84.5 Å². The molecule has 2 amide bonds. The van der Waals surface area contributed by atoms with E-state index in [9.17, 15) is 14.4 Å². The van der Waals surface area contributed by atoms with Gasteiger partial charge in [0.25, 0.3) is 5.91 Å². The van der Waals surface area contributed by atoms with Crippen LogP contribution in [-0.2, 0) is 19.1 Å². The lowest BCUT2D eigenvalue weighted by Crippen LogP contribution is -2.43. The van der Waals surface area contributed by atoms with Crippen LogP contribution in [0, 0.1) is 0 Å². The van der Waals surface area contributed by atoms with Crippen molar-refractivity contribution in [3.8, 4) is 0 Å². The number of carbonyl (C=O) groups is 3. The second-order valence-corrected chi connectivity index (χ2v) is 6.79. The molecule has 0 aliphatic heterocycles. The minimum Gasteiger partial charge on any atom is -0.451 e. The Morgan fingerprint density at radius 3 is 2.44 bits per heavy atom. The molecule has 1 saturated carbocycles. The summed E-state index contributed by atoms with van der Waals surface area (Å²) >= 11 is 0. The van der Waals surface area contributed by atoms with E-state index < -0.39 is 18.0 Å². The van der Waals surface area contributed by atoms with E-state index in [0.29, 0.717) is 0 Å². The van der Waals surface area contributed by atoms with E-state index in [1.165, 1.54) is 18.9 Å². The minimum absolute atomic E-state index is 0.156. The van der Waals surface area contributed by atoms with Crippen molar-refractivity contribution in [2.75, 3.05) is 6.54 Å². The summed E-state index contributed by atoms with van der Waals surface area (Å²) in [5.41, 5.74) is 0.888. The van der Waals surface area contributed by atoms with Crippen LogP contribution in [-0.4, -0.2) is 36.5 Å². The molecule has 6 nitrogen and oxygen atoms in total. The lowest BCUT2D eigenvalue weighted by Gasteiger charge is -2.19. The molecule has 1 fully saturated rings. The molecule has 2 rings (SSSR count). The van der Waals surface area contributed by atoms with Crippen LogP contribution in [0.5, 0.6) is 0 Å². The Bertz CT molecular complexity index is 649. The summed E-state index contributed by atoms with van der Waals surface area (Å²) in [6, 6.07) is 9.52.